The minimum Gasteiger partial charge on any atom is -0.354 e. The van der Waals surface area contributed by atoms with Crippen LogP contribution in [0.2, 0.25) is 0 Å². The molecule has 0 saturated carbocycles. The number of aromatic nitrogens is 3. The Morgan fingerprint density at radius 3 is 2.92 bits per heavy atom. The molecule has 1 N–H and O–H groups in total. The zero-order valence-electron chi connectivity index (χ0n) is 15.1. The van der Waals surface area contributed by atoms with Gasteiger partial charge < -0.3 is 14.8 Å². The maximum absolute atomic E-state index is 4.66. The number of hydrogen-bond acceptors (Lipinski definition) is 4. The lowest BCUT2D eigenvalue weighted by atomic mass is 10.3. The van der Waals surface area contributed by atoms with Gasteiger partial charge in [-0.25, -0.2) is 4.99 Å². The van der Waals surface area contributed by atoms with E-state index in [1.54, 1.807) is 17.7 Å². The summed E-state index contributed by atoms with van der Waals surface area (Å²) in [7, 11) is 2.05. The second-order valence-electron chi connectivity index (χ2n) is 5.81. The highest BCUT2D eigenvalue weighted by Crippen LogP contribution is 2.08. The van der Waals surface area contributed by atoms with E-state index in [0.717, 1.165) is 43.4 Å². The van der Waals surface area contributed by atoms with Crippen LogP contribution in [-0.2, 0) is 19.5 Å². The van der Waals surface area contributed by atoms with Gasteiger partial charge in [0.25, 0.3) is 0 Å². The zero-order chi connectivity index (χ0) is 17.4. The fraction of sp³-hybridized carbons (Fsp3) is 0.471. The van der Waals surface area contributed by atoms with Crippen molar-refractivity contribution in [3.05, 3.63) is 46.7 Å². The van der Waals surface area contributed by atoms with Gasteiger partial charge in [0.1, 0.15) is 12.2 Å². The molecule has 6 nitrogen and oxygen atoms in total. The Hall–Kier alpha value is -1.42. The summed E-state index contributed by atoms with van der Waals surface area (Å²) in [6.07, 6.45) is 2.66. The van der Waals surface area contributed by atoms with Gasteiger partial charge in [0, 0.05) is 33.1 Å². The number of hydrogen-bond donors (Lipinski definition) is 1. The number of nitrogens with zero attached hydrogens (tertiary/aromatic N) is 5. The van der Waals surface area contributed by atoms with E-state index in [-0.39, 0.29) is 24.0 Å². The molecule has 0 spiro atoms. The maximum Gasteiger partial charge on any atom is 0.194 e. The number of halogens is 1. The third-order valence-electron chi connectivity index (χ3n) is 3.51. The summed E-state index contributed by atoms with van der Waals surface area (Å²) in [6.45, 7) is 11.1. The predicted octanol–water partition coefficient (Wildman–Crippen LogP) is 3.17. The van der Waals surface area contributed by atoms with Crippen molar-refractivity contribution in [2.75, 3.05) is 20.1 Å². The van der Waals surface area contributed by atoms with Crippen molar-refractivity contribution in [3.8, 4) is 0 Å². The van der Waals surface area contributed by atoms with E-state index in [2.05, 4.69) is 67.4 Å². The van der Waals surface area contributed by atoms with E-state index in [1.807, 2.05) is 6.92 Å². The second-order valence-corrected chi connectivity index (χ2v) is 6.59. The molecule has 0 fully saturated rings. The number of thiophene rings is 1. The molecule has 8 heteroatoms. The summed E-state index contributed by atoms with van der Waals surface area (Å²) in [4.78, 5) is 6.80. The minimum absolute atomic E-state index is 0. The third kappa shape index (κ3) is 7.15. The fourth-order valence-electron chi connectivity index (χ4n) is 2.28. The Bertz CT molecular complexity index is 664. The first-order valence-corrected chi connectivity index (χ1v) is 9.06. The van der Waals surface area contributed by atoms with Crippen LogP contribution in [0.3, 0.4) is 0 Å². The van der Waals surface area contributed by atoms with E-state index in [0.29, 0.717) is 6.54 Å². The SMILES string of the molecule is C=C(C)CN=C(NCCn1cnnc1CC)N(C)Cc1ccsc1.I. The summed E-state index contributed by atoms with van der Waals surface area (Å²) in [5, 5.41) is 15.8. The highest BCUT2D eigenvalue weighted by Gasteiger charge is 2.08. The van der Waals surface area contributed by atoms with Crippen molar-refractivity contribution < 1.29 is 0 Å². The van der Waals surface area contributed by atoms with E-state index < -0.39 is 0 Å². The summed E-state index contributed by atoms with van der Waals surface area (Å²) in [5.41, 5.74) is 2.34. The lowest BCUT2D eigenvalue weighted by Gasteiger charge is -2.22. The molecule has 0 radical (unpaired) electrons. The molecule has 0 atom stereocenters. The van der Waals surface area contributed by atoms with Gasteiger partial charge >= 0.3 is 0 Å². The topological polar surface area (TPSA) is 58.3 Å². The second kappa shape index (κ2) is 11.2. The molecule has 2 aromatic rings. The van der Waals surface area contributed by atoms with Gasteiger partial charge in [0.05, 0.1) is 6.54 Å². The molecule has 25 heavy (non-hydrogen) atoms. The normalized spacial score (nSPS) is 11.1. The summed E-state index contributed by atoms with van der Waals surface area (Å²) in [6, 6.07) is 2.14. The first-order chi connectivity index (χ1) is 11.6. The largest absolute Gasteiger partial charge is 0.354 e. The monoisotopic (exact) mass is 474 g/mol. The summed E-state index contributed by atoms with van der Waals surface area (Å²) in [5.74, 6) is 1.89. The van der Waals surface area contributed by atoms with Gasteiger partial charge in [0.15, 0.2) is 5.96 Å². The molecule has 2 rings (SSSR count). The van der Waals surface area contributed by atoms with Crippen LogP contribution in [0.1, 0.15) is 25.2 Å². The van der Waals surface area contributed by atoms with Gasteiger partial charge in [-0.15, -0.1) is 34.2 Å². The number of aryl methyl sites for hydroxylation is 1. The average Bonchev–Trinajstić information content (AvgIpc) is 3.21. The third-order valence-corrected chi connectivity index (χ3v) is 4.24. The highest BCUT2D eigenvalue weighted by atomic mass is 127. The molecule has 0 aliphatic heterocycles. The van der Waals surface area contributed by atoms with E-state index >= 15 is 0 Å². The van der Waals surface area contributed by atoms with Crippen LogP contribution in [0.15, 0.2) is 40.3 Å². The molecule has 0 bridgehead atoms. The summed E-state index contributed by atoms with van der Waals surface area (Å²) < 4.78 is 2.07. The van der Waals surface area contributed by atoms with Gasteiger partial charge in [-0.2, -0.15) is 11.3 Å². The number of nitrogens with one attached hydrogen (secondary N) is 1. The van der Waals surface area contributed by atoms with Crippen LogP contribution >= 0.6 is 35.3 Å². The van der Waals surface area contributed by atoms with Crippen LogP contribution in [0, 0.1) is 0 Å². The molecule has 2 aromatic heterocycles. The van der Waals surface area contributed by atoms with Gasteiger partial charge in [-0.05, 0) is 29.3 Å². The first kappa shape index (κ1) is 21.6. The average molecular weight is 474 g/mol. The van der Waals surface area contributed by atoms with Crippen LogP contribution in [0.5, 0.6) is 0 Å². The molecular weight excluding hydrogens is 447 g/mol. The van der Waals surface area contributed by atoms with E-state index in [1.165, 1.54) is 5.56 Å². The van der Waals surface area contributed by atoms with E-state index in [4.69, 9.17) is 0 Å². The van der Waals surface area contributed by atoms with Crippen molar-refractivity contribution >= 4 is 41.3 Å². The maximum atomic E-state index is 4.66. The van der Waals surface area contributed by atoms with Crippen molar-refractivity contribution in [1.82, 2.24) is 25.0 Å². The van der Waals surface area contributed by atoms with Gasteiger partial charge in [-0.1, -0.05) is 19.1 Å². The Kier molecular flexibility index (Phi) is 9.73. The lowest BCUT2D eigenvalue weighted by Crippen LogP contribution is -2.40. The zero-order valence-corrected chi connectivity index (χ0v) is 18.3. The quantitative estimate of drug-likeness (QED) is 0.277. The molecule has 0 unspecified atom stereocenters. The molecule has 0 amide bonds. The minimum atomic E-state index is 0. The van der Waals surface area contributed by atoms with Crippen LogP contribution < -0.4 is 5.32 Å². The van der Waals surface area contributed by atoms with Crippen LogP contribution in [-0.4, -0.2) is 45.8 Å². The number of guanidine groups is 1. The standard InChI is InChI=1S/C17H26N6S.HI/c1-5-16-21-20-13-23(16)8-7-18-17(19-10-14(2)3)22(4)11-15-6-9-24-12-15;/h6,9,12-13H,2,5,7-8,10-11H2,1,3-4H3,(H,18,19);1H. The Labute approximate surface area is 171 Å². The Morgan fingerprint density at radius 2 is 2.28 bits per heavy atom. The predicted molar refractivity (Wildman–Crippen MR) is 116 cm³/mol. The van der Waals surface area contributed by atoms with Crippen molar-refractivity contribution in [2.45, 2.75) is 33.4 Å². The highest BCUT2D eigenvalue weighted by molar-refractivity contribution is 14.0. The van der Waals surface area contributed by atoms with Crippen LogP contribution in [0.25, 0.3) is 0 Å². The van der Waals surface area contributed by atoms with Crippen molar-refractivity contribution in [2.24, 2.45) is 4.99 Å². The fourth-order valence-corrected chi connectivity index (χ4v) is 2.94. The Morgan fingerprint density at radius 1 is 1.48 bits per heavy atom. The van der Waals surface area contributed by atoms with Gasteiger partial charge in [0.2, 0.25) is 0 Å². The van der Waals surface area contributed by atoms with E-state index in [9.17, 15) is 0 Å². The smallest absolute Gasteiger partial charge is 0.194 e. The van der Waals surface area contributed by atoms with Crippen LogP contribution in [0.4, 0.5) is 0 Å². The molecule has 138 valence electrons. The Balaban J connectivity index is 0.00000312. The van der Waals surface area contributed by atoms with Crippen molar-refractivity contribution in [1.29, 1.82) is 0 Å². The molecule has 0 aliphatic rings. The van der Waals surface area contributed by atoms with Crippen molar-refractivity contribution in [3.63, 3.8) is 0 Å². The first-order valence-electron chi connectivity index (χ1n) is 8.11. The molecular formula is C17H27IN6S. The molecule has 2 heterocycles. The number of aliphatic imine (C=N–C) groups is 1. The number of rotatable bonds is 8. The summed E-state index contributed by atoms with van der Waals surface area (Å²) >= 11 is 1.71. The lowest BCUT2D eigenvalue weighted by molar-refractivity contribution is 0.472. The molecule has 0 saturated heterocycles. The molecule has 0 aromatic carbocycles. The van der Waals surface area contributed by atoms with Gasteiger partial charge in [-0.3, -0.25) is 0 Å². The molecule has 0 aliphatic carbocycles.